The molecule has 2 rings (SSSR count). The van der Waals surface area contributed by atoms with E-state index in [0.29, 0.717) is 5.82 Å². The number of anilines is 1. The van der Waals surface area contributed by atoms with Crippen molar-refractivity contribution in [1.82, 2.24) is 9.55 Å². The number of hydrogen-bond acceptors (Lipinski definition) is 7. The SMILES string of the molecule is C#C[C@@]1(O)[C@@H](CO)O[C@@H](n2ccc(NC)nc2=O)[C@@H]1OC.[Y]. The molecule has 0 aliphatic carbocycles. The molecule has 0 aromatic carbocycles. The van der Waals surface area contributed by atoms with Crippen molar-refractivity contribution in [2.75, 3.05) is 26.1 Å². The molecule has 1 radical (unpaired) electrons. The van der Waals surface area contributed by atoms with Crippen molar-refractivity contribution >= 4 is 5.82 Å². The van der Waals surface area contributed by atoms with Crippen molar-refractivity contribution in [2.45, 2.75) is 24.0 Å². The Morgan fingerprint density at radius 1 is 1.68 bits per heavy atom. The van der Waals surface area contributed by atoms with Crippen LogP contribution in [0.4, 0.5) is 5.82 Å². The molecule has 1 aliphatic rings. The molecule has 1 saturated heterocycles. The van der Waals surface area contributed by atoms with Crippen LogP contribution in [0.15, 0.2) is 17.1 Å². The van der Waals surface area contributed by atoms with Crippen molar-refractivity contribution < 1.29 is 52.4 Å². The fraction of sp³-hybridized carbons (Fsp3) is 0.538. The first-order chi connectivity index (χ1) is 10.0. The van der Waals surface area contributed by atoms with E-state index in [9.17, 15) is 15.0 Å². The third-order valence-electron chi connectivity index (χ3n) is 3.50. The van der Waals surface area contributed by atoms with Crippen LogP contribution < -0.4 is 11.0 Å². The van der Waals surface area contributed by atoms with Crippen molar-refractivity contribution in [1.29, 1.82) is 0 Å². The Bertz CT molecular complexity index is 616. The van der Waals surface area contributed by atoms with E-state index >= 15 is 0 Å². The molecule has 1 aromatic heterocycles. The van der Waals surface area contributed by atoms with Gasteiger partial charge in [0.2, 0.25) is 0 Å². The largest absolute Gasteiger partial charge is 0.394 e. The van der Waals surface area contributed by atoms with E-state index in [-0.39, 0.29) is 32.7 Å². The van der Waals surface area contributed by atoms with Gasteiger partial charge in [-0.05, 0) is 6.07 Å². The van der Waals surface area contributed by atoms with E-state index in [2.05, 4.69) is 16.2 Å². The minimum Gasteiger partial charge on any atom is -0.394 e. The van der Waals surface area contributed by atoms with Crippen LogP contribution in [-0.2, 0) is 42.2 Å². The van der Waals surface area contributed by atoms with Gasteiger partial charge in [-0.2, -0.15) is 4.98 Å². The monoisotopic (exact) mass is 384 g/mol. The van der Waals surface area contributed by atoms with Gasteiger partial charge in [-0.25, -0.2) is 4.79 Å². The summed E-state index contributed by atoms with van der Waals surface area (Å²) < 4.78 is 11.9. The quantitative estimate of drug-likeness (QED) is 0.546. The standard InChI is InChI=1S/C13H17N3O5.Y/c1-4-13(19)8(7-17)21-11(10(13)20-3)16-6-5-9(14-2)15-12(16)18;/h1,5-6,8,10-11,17,19H,7H2,2-3H3,(H,14,15,18);/t8-,10+,11-,13-;/m1./s1. The van der Waals surface area contributed by atoms with E-state index in [1.54, 1.807) is 13.1 Å². The number of aromatic nitrogens is 2. The molecular formula is C13H17N3O5Y. The number of aliphatic hydroxyl groups excluding tert-OH is 1. The van der Waals surface area contributed by atoms with Gasteiger partial charge in [0.25, 0.3) is 0 Å². The number of nitrogens with one attached hydrogen (secondary N) is 1. The zero-order valence-corrected chi connectivity index (χ0v) is 15.1. The Morgan fingerprint density at radius 3 is 2.82 bits per heavy atom. The van der Waals surface area contributed by atoms with Gasteiger partial charge in [-0.3, -0.25) is 4.57 Å². The zero-order valence-electron chi connectivity index (χ0n) is 12.3. The number of aliphatic hydroxyl groups is 2. The zero-order chi connectivity index (χ0) is 15.6. The maximum absolute atomic E-state index is 12.0. The summed E-state index contributed by atoms with van der Waals surface area (Å²) in [6, 6.07) is 1.57. The topological polar surface area (TPSA) is 106 Å². The fourth-order valence-corrected chi connectivity index (χ4v) is 2.35. The first-order valence-corrected chi connectivity index (χ1v) is 6.28. The van der Waals surface area contributed by atoms with Crippen LogP contribution in [0, 0.1) is 12.3 Å². The van der Waals surface area contributed by atoms with Crippen LogP contribution in [0.5, 0.6) is 0 Å². The number of terminal acetylenes is 1. The molecule has 0 spiro atoms. The molecule has 8 nitrogen and oxygen atoms in total. The minimum atomic E-state index is -1.84. The van der Waals surface area contributed by atoms with Gasteiger partial charge >= 0.3 is 5.69 Å². The number of nitrogens with zero attached hydrogens (tertiary/aromatic N) is 2. The molecule has 22 heavy (non-hydrogen) atoms. The molecule has 2 heterocycles. The molecule has 4 atom stereocenters. The van der Waals surface area contributed by atoms with E-state index in [1.807, 2.05) is 0 Å². The van der Waals surface area contributed by atoms with E-state index in [1.165, 1.54) is 13.3 Å². The molecule has 1 fully saturated rings. The number of hydrogen-bond donors (Lipinski definition) is 3. The fourth-order valence-electron chi connectivity index (χ4n) is 2.35. The Balaban J connectivity index is 0.00000242. The van der Waals surface area contributed by atoms with E-state index in [4.69, 9.17) is 15.9 Å². The summed E-state index contributed by atoms with van der Waals surface area (Å²) in [5.41, 5.74) is -2.43. The van der Waals surface area contributed by atoms with Crippen molar-refractivity contribution in [2.24, 2.45) is 0 Å². The van der Waals surface area contributed by atoms with E-state index in [0.717, 1.165) is 4.57 Å². The summed E-state index contributed by atoms with van der Waals surface area (Å²) >= 11 is 0. The van der Waals surface area contributed by atoms with Gasteiger partial charge in [0.15, 0.2) is 11.8 Å². The second-order valence-electron chi connectivity index (χ2n) is 4.58. The van der Waals surface area contributed by atoms with Gasteiger partial charge < -0.3 is 25.0 Å². The van der Waals surface area contributed by atoms with Crippen molar-refractivity contribution in [3.05, 3.63) is 22.7 Å². The molecule has 3 N–H and O–H groups in total. The molecular weight excluding hydrogens is 367 g/mol. The van der Waals surface area contributed by atoms with E-state index < -0.39 is 36.3 Å². The predicted octanol–water partition coefficient (Wildman–Crippen LogP) is -1.45. The summed E-state index contributed by atoms with van der Waals surface area (Å²) in [5.74, 6) is 2.58. The predicted molar refractivity (Wildman–Crippen MR) is 73.6 cm³/mol. The maximum Gasteiger partial charge on any atom is 0.351 e. The summed E-state index contributed by atoms with van der Waals surface area (Å²) in [7, 11) is 2.97. The maximum atomic E-state index is 12.0. The average Bonchev–Trinajstić information content (AvgIpc) is 2.79. The third-order valence-corrected chi connectivity index (χ3v) is 3.50. The van der Waals surface area contributed by atoms with Crippen LogP contribution in [0.2, 0.25) is 0 Å². The molecule has 0 saturated carbocycles. The second-order valence-corrected chi connectivity index (χ2v) is 4.58. The average molecular weight is 384 g/mol. The summed E-state index contributed by atoms with van der Waals surface area (Å²) in [6.45, 7) is -0.506. The van der Waals surface area contributed by atoms with Crippen LogP contribution in [0.1, 0.15) is 6.23 Å². The van der Waals surface area contributed by atoms with Crippen LogP contribution >= 0.6 is 0 Å². The Labute approximate surface area is 152 Å². The Kier molecular flexibility index (Phi) is 6.68. The van der Waals surface area contributed by atoms with Crippen LogP contribution in [0.25, 0.3) is 0 Å². The molecule has 0 bridgehead atoms. The van der Waals surface area contributed by atoms with Gasteiger partial charge in [0.1, 0.15) is 18.0 Å². The molecule has 0 amide bonds. The summed E-state index contributed by atoms with van der Waals surface area (Å²) in [4.78, 5) is 15.8. The van der Waals surface area contributed by atoms with Crippen LogP contribution in [0.3, 0.4) is 0 Å². The normalized spacial score (nSPS) is 30.4. The molecule has 0 unspecified atom stereocenters. The Hall–Kier alpha value is -0.816. The molecule has 117 valence electrons. The van der Waals surface area contributed by atoms with Gasteiger partial charge in [-0.1, -0.05) is 5.92 Å². The molecule has 1 aliphatic heterocycles. The summed E-state index contributed by atoms with van der Waals surface area (Å²) in [5, 5.41) is 22.5. The van der Waals surface area contributed by atoms with Crippen LogP contribution in [-0.4, -0.2) is 58.3 Å². The van der Waals surface area contributed by atoms with Gasteiger partial charge in [0, 0.05) is 53.1 Å². The second kappa shape index (κ2) is 7.64. The number of rotatable bonds is 4. The van der Waals surface area contributed by atoms with Crippen molar-refractivity contribution in [3.8, 4) is 12.3 Å². The van der Waals surface area contributed by atoms with Gasteiger partial charge in [-0.15, -0.1) is 6.42 Å². The van der Waals surface area contributed by atoms with Gasteiger partial charge in [0.05, 0.1) is 6.61 Å². The molecule has 1 aromatic rings. The summed E-state index contributed by atoms with van der Waals surface area (Å²) in [6.07, 6.45) is 3.73. The minimum absolute atomic E-state index is 0. The molecule has 9 heteroatoms. The number of methoxy groups -OCH3 is 1. The number of ether oxygens (including phenoxy) is 2. The third kappa shape index (κ3) is 3.11. The Morgan fingerprint density at radius 2 is 2.36 bits per heavy atom. The van der Waals surface area contributed by atoms with Crippen molar-refractivity contribution in [3.63, 3.8) is 0 Å². The first kappa shape index (κ1) is 19.2. The first-order valence-electron chi connectivity index (χ1n) is 6.28. The smallest absolute Gasteiger partial charge is 0.351 e.